The molecule has 0 saturated carbocycles. The summed E-state index contributed by atoms with van der Waals surface area (Å²) in [5.41, 5.74) is 10.1. The topological polar surface area (TPSA) is 48.1 Å². The van der Waals surface area contributed by atoms with Crippen molar-refractivity contribution in [1.29, 1.82) is 0 Å². The van der Waals surface area contributed by atoms with Crippen LogP contribution in [-0.4, -0.2) is 12.1 Å². The molecule has 3 nitrogen and oxygen atoms in total. The lowest BCUT2D eigenvalue weighted by Gasteiger charge is -2.10. The molecule has 3 heteroatoms. The maximum atomic E-state index is 5.78. The van der Waals surface area contributed by atoms with Crippen molar-refractivity contribution in [3.05, 3.63) is 47.8 Å². The second-order valence-corrected chi connectivity index (χ2v) is 3.91. The standard InChI is InChI=1S/C14H16N2O/c1-10-7-11(5-6-16-10)14-4-3-13(17-2)8-12(14)9-15/h3-8H,9,15H2,1-2H3. The highest BCUT2D eigenvalue weighted by Crippen LogP contribution is 2.27. The number of nitrogens with zero attached hydrogens (tertiary/aromatic N) is 1. The van der Waals surface area contributed by atoms with Gasteiger partial charge >= 0.3 is 0 Å². The zero-order chi connectivity index (χ0) is 12.3. The third-order valence-electron chi connectivity index (χ3n) is 2.74. The summed E-state index contributed by atoms with van der Waals surface area (Å²) < 4.78 is 5.20. The summed E-state index contributed by atoms with van der Waals surface area (Å²) in [7, 11) is 1.66. The number of aryl methyl sites for hydroxylation is 1. The number of hydrogen-bond acceptors (Lipinski definition) is 3. The molecule has 0 amide bonds. The first-order valence-corrected chi connectivity index (χ1v) is 5.54. The van der Waals surface area contributed by atoms with Crippen LogP contribution in [0.25, 0.3) is 11.1 Å². The zero-order valence-electron chi connectivity index (χ0n) is 10.1. The van der Waals surface area contributed by atoms with Gasteiger partial charge in [0.2, 0.25) is 0 Å². The predicted molar refractivity (Wildman–Crippen MR) is 68.9 cm³/mol. The maximum Gasteiger partial charge on any atom is 0.119 e. The van der Waals surface area contributed by atoms with Crippen molar-refractivity contribution in [2.45, 2.75) is 13.5 Å². The summed E-state index contributed by atoms with van der Waals surface area (Å²) in [6.45, 7) is 2.48. The average molecular weight is 228 g/mol. The Labute approximate surface area is 101 Å². The molecule has 0 unspecified atom stereocenters. The first-order valence-electron chi connectivity index (χ1n) is 5.54. The van der Waals surface area contributed by atoms with Crippen molar-refractivity contribution in [1.82, 2.24) is 4.98 Å². The summed E-state index contributed by atoms with van der Waals surface area (Å²) in [6.07, 6.45) is 1.81. The van der Waals surface area contributed by atoms with E-state index in [4.69, 9.17) is 10.5 Å². The van der Waals surface area contributed by atoms with Gasteiger partial charge in [0.05, 0.1) is 7.11 Å². The van der Waals surface area contributed by atoms with E-state index in [0.29, 0.717) is 6.54 Å². The molecule has 0 fully saturated rings. The molecule has 2 aromatic rings. The lowest BCUT2D eigenvalue weighted by atomic mass is 10.00. The molecule has 2 N–H and O–H groups in total. The van der Waals surface area contributed by atoms with Gasteiger partial charge in [-0.3, -0.25) is 4.98 Å². The summed E-state index contributed by atoms with van der Waals surface area (Å²) in [6, 6.07) is 10.0. The maximum absolute atomic E-state index is 5.78. The molecule has 88 valence electrons. The Kier molecular flexibility index (Phi) is 3.40. The quantitative estimate of drug-likeness (QED) is 0.878. The zero-order valence-corrected chi connectivity index (χ0v) is 10.1. The van der Waals surface area contributed by atoms with Crippen molar-refractivity contribution in [2.75, 3.05) is 7.11 Å². The number of pyridine rings is 1. The van der Waals surface area contributed by atoms with Gasteiger partial charge in [-0.15, -0.1) is 0 Å². The first kappa shape index (κ1) is 11.6. The molecule has 0 bridgehead atoms. The smallest absolute Gasteiger partial charge is 0.119 e. The Hall–Kier alpha value is -1.87. The Morgan fingerprint density at radius 3 is 2.71 bits per heavy atom. The minimum Gasteiger partial charge on any atom is -0.497 e. The number of hydrogen-bond donors (Lipinski definition) is 1. The summed E-state index contributed by atoms with van der Waals surface area (Å²) in [4.78, 5) is 4.20. The van der Waals surface area contributed by atoms with Crippen LogP contribution < -0.4 is 10.5 Å². The SMILES string of the molecule is COc1ccc(-c2ccnc(C)c2)c(CN)c1. The highest BCUT2D eigenvalue weighted by molar-refractivity contribution is 5.68. The number of benzene rings is 1. The van der Waals surface area contributed by atoms with Gasteiger partial charge in [0.25, 0.3) is 0 Å². The Balaban J connectivity index is 2.51. The molecule has 0 aliphatic heterocycles. The van der Waals surface area contributed by atoms with Crippen LogP contribution >= 0.6 is 0 Å². The van der Waals surface area contributed by atoms with E-state index in [1.165, 1.54) is 0 Å². The number of ether oxygens (including phenoxy) is 1. The highest BCUT2D eigenvalue weighted by Gasteiger charge is 2.06. The van der Waals surface area contributed by atoms with Crippen molar-refractivity contribution >= 4 is 0 Å². The van der Waals surface area contributed by atoms with Crippen molar-refractivity contribution < 1.29 is 4.74 Å². The number of nitrogens with two attached hydrogens (primary N) is 1. The van der Waals surface area contributed by atoms with Crippen LogP contribution in [0.3, 0.4) is 0 Å². The summed E-state index contributed by atoms with van der Waals surface area (Å²) in [5.74, 6) is 0.833. The van der Waals surface area contributed by atoms with Gasteiger partial charge in [0.15, 0.2) is 0 Å². The van der Waals surface area contributed by atoms with Crippen LogP contribution in [0.2, 0.25) is 0 Å². The van der Waals surface area contributed by atoms with Crippen LogP contribution in [0, 0.1) is 6.92 Å². The van der Waals surface area contributed by atoms with Crippen molar-refractivity contribution in [3.63, 3.8) is 0 Å². The van der Waals surface area contributed by atoms with E-state index in [0.717, 1.165) is 28.1 Å². The van der Waals surface area contributed by atoms with Crippen molar-refractivity contribution in [2.24, 2.45) is 5.73 Å². The van der Waals surface area contributed by atoms with Gasteiger partial charge in [-0.1, -0.05) is 6.07 Å². The minimum absolute atomic E-state index is 0.494. The van der Waals surface area contributed by atoms with Gasteiger partial charge < -0.3 is 10.5 Å². The fraction of sp³-hybridized carbons (Fsp3) is 0.214. The number of rotatable bonds is 3. The fourth-order valence-corrected chi connectivity index (χ4v) is 1.86. The van der Waals surface area contributed by atoms with E-state index < -0.39 is 0 Å². The van der Waals surface area contributed by atoms with Gasteiger partial charge in [-0.2, -0.15) is 0 Å². The molecule has 0 saturated heterocycles. The molecule has 0 aliphatic carbocycles. The van der Waals surface area contributed by atoms with Crippen LogP contribution in [0.5, 0.6) is 5.75 Å². The van der Waals surface area contributed by atoms with Crippen LogP contribution in [0.4, 0.5) is 0 Å². The van der Waals surface area contributed by atoms with Crippen LogP contribution in [-0.2, 0) is 6.54 Å². The molecule has 1 heterocycles. The fourth-order valence-electron chi connectivity index (χ4n) is 1.86. The number of methoxy groups -OCH3 is 1. The van der Waals surface area contributed by atoms with E-state index in [-0.39, 0.29) is 0 Å². The third kappa shape index (κ3) is 2.45. The summed E-state index contributed by atoms with van der Waals surface area (Å²) in [5, 5.41) is 0. The first-order chi connectivity index (χ1) is 8.24. The Morgan fingerprint density at radius 2 is 2.06 bits per heavy atom. The lowest BCUT2D eigenvalue weighted by molar-refractivity contribution is 0.414. The second kappa shape index (κ2) is 4.97. The monoisotopic (exact) mass is 228 g/mol. The van der Waals surface area contributed by atoms with Gasteiger partial charge in [-0.25, -0.2) is 0 Å². The molecule has 0 aliphatic rings. The van der Waals surface area contributed by atoms with E-state index in [1.807, 2.05) is 37.4 Å². The Bertz CT molecular complexity index is 523. The minimum atomic E-state index is 0.494. The summed E-state index contributed by atoms with van der Waals surface area (Å²) >= 11 is 0. The van der Waals surface area contributed by atoms with Gasteiger partial charge in [0, 0.05) is 18.4 Å². The average Bonchev–Trinajstić information content (AvgIpc) is 2.38. The molecule has 2 rings (SSSR count). The molecular weight excluding hydrogens is 212 g/mol. The van der Waals surface area contributed by atoms with E-state index >= 15 is 0 Å². The Morgan fingerprint density at radius 1 is 1.24 bits per heavy atom. The van der Waals surface area contributed by atoms with E-state index in [9.17, 15) is 0 Å². The normalized spacial score (nSPS) is 10.3. The molecule has 17 heavy (non-hydrogen) atoms. The molecule has 0 spiro atoms. The van der Waals surface area contributed by atoms with Gasteiger partial charge in [-0.05, 0) is 47.9 Å². The number of aromatic nitrogens is 1. The largest absolute Gasteiger partial charge is 0.497 e. The molecule has 1 aromatic heterocycles. The van der Waals surface area contributed by atoms with E-state index in [2.05, 4.69) is 11.1 Å². The highest BCUT2D eigenvalue weighted by atomic mass is 16.5. The lowest BCUT2D eigenvalue weighted by Crippen LogP contribution is -2.00. The van der Waals surface area contributed by atoms with Gasteiger partial charge in [0.1, 0.15) is 5.75 Å². The third-order valence-corrected chi connectivity index (χ3v) is 2.74. The molecule has 0 radical (unpaired) electrons. The van der Waals surface area contributed by atoms with Crippen LogP contribution in [0.15, 0.2) is 36.5 Å². The van der Waals surface area contributed by atoms with Crippen molar-refractivity contribution in [3.8, 4) is 16.9 Å². The molecular formula is C14H16N2O. The van der Waals surface area contributed by atoms with E-state index in [1.54, 1.807) is 7.11 Å². The predicted octanol–water partition coefficient (Wildman–Crippen LogP) is 2.52. The molecule has 1 aromatic carbocycles. The van der Waals surface area contributed by atoms with Crippen LogP contribution in [0.1, 0.15) is 11.3 Å². The second-order valence-electron chi connectivity index (χ2n) is 3.91. The molecule has 0 atom stereocenters.